The molecule has 0 unspecified atom stereocenters. The molecule has 1 aliphatic heterocycles. The molecule has 0 aromatic heterocycles. The van der Waals surface area contributed by atoms with Crippen molar-refractivity contribution < 1.29 is 9.53 Å². The van der Waals surface area contributed by atoms with Crippen LogP contribution in [0.25, 0.3) is 0 Å². The van der Waals surface area contributed by atoms with E-state index >= 15 is 0 Å². The third-order valence-electron chi connectivity index (χ3n) is 4.41. The molecule has 1 heterocycles. The average Bonchev–Trinajstić information content (AvgIpc) is 2.65. The Balaban J connectivity index is 1.39. The number of amides is 1. The highest BCUT2D eigenvalue weighted by molar-refractivity contribution is 6.31. The van der Waals surface area contributed by atoms with E-state index in [-0.39, 0.29) is 12.5 Å². The summed E-state index contributed by atoms with van der Waals surface area (Å²) in [6.45, 7) is 4.69. The van der Waals surface area contributed by atoms with Gasteiger partial charge in [0.1, 0.15) is 6.61 Å². The van der Waals surface area contributed by atoms with Crippen molar-refractivity contribution in [3.63, 3.8) is 0 Å². The topological polar surface area (TPSA) is 32.8 Å². The number of carbonyl (C=O) groups is 1. The maximum atomic E-state index is 12.3. The minimum atomic E-state index is 0.0476. The summed E-state index contributed by atoms with van der Waals surface area (Å²) in [5.41, 5.74) is 2.22. The highest BCUT2D eigenvalue weighted by Crippen LogP contribution is 2.16. The third-order valence-corrected chi connectivity index (χ3v) is 4.78. The summed E-state index contributed by atoms with van der Waals surface area (Å²) in [5, 5.41) is 0.671. The Kier molecular flexibility index (Phi) is 6.45. The first-order valence-corrected chi connectivity index (χ1v) is 8.95. The first-order valence-electron chi connectivity index (χ1n) is 8.57. The van der Waals surface area contributed by atoms with E-state index in [9.17, 15) is 4.79 Å². The summed E-state index contributed by atoms with van der Waals surface area (Å²) in [5.74, 6) is 0.0476. The molecule has 2 aromatic carbocycles. The van der Waals surface area contributed by atoms with Gasteiger partial charge in [0.15, 0.2) is 0 Å². The van der Waals surface area contributed by atoms with E-state index in [2.05, 4.69) is 29.2 Å². The second-order valence-corrected chi connectivity index (χ2v) is 6.63. The largest absolute Gasteiger partial charge is 0.367 e. The van der Waals surface area contributed by atoms with Crippen LogP contribution in [0.15, 0.2) is 54.6 Å². The number of hydrogen-bond acceptors (Lipinski definition) is 3. The second-order valence-electron chi connectivity index (χ2n) is 6.23. The van der Waals surface area contributed by atoms with Crippen molar-refractivity contribution in [3.05, 3.63) is 70.7 Å². The number of benzene rings is 2. The summed E-state index contributed by atoms with van der Waals surface area (Å²) in [4.78, 5) is 16.5. The molecular formula is C20H23ClN2O2. The first-order chi connectivity index (χ1) is 12.2. The normalized spacial score (nSPS) is 15.3. The smallest absolute Gasteiger partial charge is 0.248 e. The third kappa shape index (κ3) is 5.30. The fraction of sp³-hybridized carbons (Fsp3) is 0.350. The number of piperazine rings is 1. The van der Waals surface area contributed by atoms with Crippen LogP contribution in [0.3, 0.4) is 0 Å². The molecule has 5 heteroatoms. The van der Waals surface area contributed by atoms with Gasteiger partial charge in [-0.2, -0.15) is 0 Å². The summed E-state index contributed by atoms with van der Waals surface area (Å²) >= 11 is 6.09. The van der Waals surface area contributed by atoms with Gasteiger partial charge in [0.05, 0.1) is 6.61 Å². The number of ether oxygens (including phenoxy) is 1. The van der Waals surface area contributed by atoms with Crippen molar-refractivity contribution in [1.29, 1.82) is 0 Å². The lowest BCUT2D eigenvalue weighted by Crippen LogP contribution is -2.49. The second kappa shape index (κ2) is 8.99. The lowest BCUT2D eigenvalue weighted by Gasteiger charge is -2.34. The van der Waals surface area contributed by atoms with E-state index in [0.717, 1.165) is 38.3 Å². The Morgan fingerprint density at radius 2 is 1.64 bits per heavy atom. The van der Waals surface area contributed by atoms with E-state index in [1.807, 2.05) is 35.2 Å². The number of carbonyl (C=O) groups excluding carboxylic acids is 1. The zero-order valence-corrected chi connectivity index (χ0v) is 15.0. The quantitative estimate of drug-likeness (QED) is 0.795. The Labute approximate surface area is 154 Å². The van der Waals surface area contributed by atoms with Crippen LogP contribution < -0.4 is 0 Å². The predicted molar refractivity (Wildman–Crippen MR) is 99.4 cm³/mol. The highest BCUT2D eigenvalue weighted by atomic mass is 35.5. The van der Waals surface area contributed by atoms with Crippen LogP contribution in [0, 0.1) is 0 Å². The molecule has 1 fully saturated rings. The number of halogens is 1. The van der Waals surface area contributed by atoms with E-state index in [4.69, 9.17) is 16.3 Å². The van der Waals surface area contributed by atoms with Crippen molar-refractivity contribution in [2.75, 3.05) is 32.8 Å². The van der Waals surface area contributed by atoms with Crippen molar-refractivity contribution in [2.45, 2.75) is 13.2 Å². The van der Waals surface area contributed by atoms with Gasteiger partial charge in [0.2, 0.25) is 5.91 Å². The van der Waals surface area contributed by atoms with E-state index in [1.165, 1.54) is 5.56 Å². The van der Waals surface area contributed by atoms with Crippen molar-refractivity contribution in [1.82, 2.24) is 9.80 Å². The maximum Gasteiger partial charge on any atom is 0.248 e. The Morgan fingerprint density at radius 1 is 0.960 bits per heavy atom. The summed E-state index contributed by atoms with van der Waals surface area (Å²) in [6.07, 6.45) is 0. The summed E-state index contributed by atoms with van der Waals surface area (Å²) < 4.78 is 5.55. The fourth-order valence-corrected chi connectivity index (χ4v) is 3.14. The van der Waals surface area contributed by atoms with Gasteiger partial charge in [-0.1, -0.05) is 60.1 Å². The molecule has 0 N–H and O–H groups in total. The molecule has 2 aromatic rings. The van der Waals surface area contributed by atoms with Crippen LogP contribution in [0.4, 0.5) is 0 Å². The minimum Gasteiger partial charge on any atom is -0.367 e. The molecule has 1 saturated heterocycles. The molecular weight excluding hydrogens is 336 g/mol. The molecule has 0 radical (unpaired) electrons. The van der Waals surface area contributed by atoms with Gasteiger partial charge < -0.3 is 9.64 Å². The SMILES string of the molecule is O=C(COCc1ccccc1Cl)N1CCN(Cc2ccccc2)CC1. The minimum absolute atomic E-state index is 0.0476. The van der Waals surface area contributed by atoms with Crippen molar-refractivity contribution in [3.8, 4) is 0 Å². The van der Waals surface area contributed by atoms with Gasteiger partial charge in [-0.15, -0.1) is 0 Å². The monoisotopic (exact) mass is 358 g/mol. The Morgan fingerprint density at radius 3 is 2.36 bits per heavy atom. The zero-order chi connectivity index (χ0) is 17.5. The molecule has 0 spiro atoms. The Hall–Kier alpha value is -1.88. The van der Waals surface area contributed by atoms with E-state index in [1.54, 1.807) is 0 Å². The van der Waals surface area contributed by atoms with Crippen LogP contribution in [0.1, 0.15) is 11.1 Å². The van der Waals surface area contributed by atoms with Gasteiger partial charge in [0.25, 0.3) is 0 Å². The van der Waals surface area contributed by atoms with Crippen LogP contribution in [-0.4, -0.2) is 48.5 Å². The summed E-state index contributed by atoms with van der Waals surface area (Å²) in [7, 11) is 0. The fourth-order valence-electron chi connectivity index (χ4n) is 2.95. The molecule has 132 valence electrons. The molecule has 4 nitrogen and oxygen atoms in total. The molecule has 0 saturated carbocycles. The van der Waals surface area contributed by atoms with Gasteiger partial charge in [-0.3, -0.25) is 9.69 Å². The van der Waals surface area contributed by atoms with Gasteiger partial charge >= 0.3 is 0 Å². The number of rotatable bonds is 6. The van der Waals surface area contributed by atoms with Crippen molar-refractivity contribution in [2.24, 2.45) is 0 Å². The molecule has 1 amide bonds. The van der Waals surface area contributed by atoms with Gasteiger partial charge in [-0.25, -0.2) is 0 Å². The molecule has 25 heavy (non-hydrogen) atoms. The summed E-state index contributed by atoms with van der Waals surface area (Å²) in [6, 6.07) is 18.0. The van der Waals surface area contributed by atoms with Crippen LogP contribution in [-0.2, 0) is 22.7 Å². The zero-order valence-electron chi connectivity index (χ0n) is 14.2. The molecule has 0 aliphatic carbocycles. The highest BCUT2D eigenvalue weighted by Gasteiger charge is 2.21. The van der Waals surface area contributed by atoms with Gasteiger partial charge in [0, 0.05) is 37.7 Å². The number of hydrogen-bond donors (Lipinski definition) is 0. The lowest BCUT2D eigenvalue weighted by molar-refractivity contribution is -0.138. The van der Waals surface area contributed by atoms with Crippen molar-refractivity contribution >= 4 is 17.5 Å². The molecule has 1 aliphatic rings. The molecule has 3 rings (SSSR count). The number of nitrogens with zero attached hydrogens (tertiary/aromatic N) is 2. The molecule has 0 atom stereocenters. The first kappa shape index (κ1) is 17.9. The van der Waals surface area contributed by atoms with Crippen LogP contribution in [0.2, 0.25) is 5.02 Å². The average molecular weight is 359 g/mol. The van der Waals surface area contributed by atoms with Crippen LogP contribution in [0.5, 0.6) is 0 Å². The van der Waals surface area contributed by atoms with Crippen LogP contribution >= 0.6 is 11.6 Å². The van der Waals surface area contributed by atoms with E-state index in [0.29, 0.717) is 11.6 Å². The molecule has 0 bridgehead atoms. The lowest BCUT2D eigenvalue weighted by atomic mass is 10.2. The maximum absolute atomic E-state index is 12.3. The standard InChI is InChI=1S/C20H23ClN2O2/c21-19-9-5-4-8-18(19)15-25-16-20(24)23-12-10-22(11-13-23)14-17-6-2-1-3-7-17/h1-9H,10-16H2. The van der Waals surface area contributed by atoms with E-state index < -0.39 is 0 Å². The Bertz CT molecular complexity index is 685. The van der Waals surface area contributed by atoms with Gasteiger partial charge in [-0.05, 0) is 17.2 Å². The predicted octanol–water partition coefficient (Wildman–Crippen LogP) is 3.20.